The van der Waals surface area contributed by atoms with E-state index in [1.54, 1.807) is 24.3 Å². The molecule has 0 amide bonds. The molecule has 0 saturated heterocycles. The quantitative estimate of drug-likeness (QED) is 0.796. The predicted octanol–water partition coefficient (Wildman–Crippen LogP) is 2.83. The Morgan fingerprint density at radius 1 is 1.05 bits per heavy atom. The molecule has 0 aliphatic rings. The van der Waals surface area contributed by atoms with Gasteiger partial charge in [-0.25, -0.2) is 8.78 Å². The van der Waals surface area contributed by atoms with Gasteiger partial charge in [-0.2, -0.15) is 0 Å². The van der Waals surface area contributed by atoms with Crippen molar-refractivity contribution in [3.63, 3.8) is 0 Å². The van der Waals surface area contributed by atoms with Gasteiger partial charge >= 0.3 is 0 Å². The molecule has 1 atom stereocenters. The lowest BCUT2D eigenvalue weighted by atomic mass is 10.1. The highest BCUT2D eigenvalue weighted by molar-refractivity contribution is 5.20. The minimum absolute atomic E-state index is 0.256. The van der Waals surface area contributed by atoms with E-state index in [0.717, 1.165) is 5.56 Å². The lowest BCUT2D eigenvalue weighted by molar-refractivity contribution is 0.170. The summed E-state index contributed by atoms with van der Waals surface area (Å²) in [6, 6.07) is 12.6. The molecule has 2 rings (SSSR count). The highest BCUT2D eigenvalue weighted by Crippen LogP contribution is 2.15. The van der Waals surface area contributed by atoms with Gasteiger partial charge in [-0.15, -0.1) is 0 Å². The summed E-state index contributed by atoms with van der Waals surface area (Å²) in [7, 11) is 0. The fourth-order valence-electron chi connectivity index (χ4n) is 2.02. The molecule has 0 bridgehead atoms. The van der Waals surface area contributed by atoms with Crippen molar-refractivity contribution in [2.45, 2.75) is 12.5 Å². The van der Waals surface area contributed by atoms with Crippen molar-refractivity contribution in [1.82, 2.24) is 5.32 Å². The maximum atomic E-state index is 13.4. The number of rotatable bonds is 6. The lowest BCUT2D eigenvalue weighted by Gasteiger charge is -2.13. The summed E-state index contributed by atoms with van der Waals surface area (Å²) < 4.78 is 26.4. The average Bonchev–Trinajstić information content (AvgIpc) is 2.44. The highest BCUT2D eigenvalue weighted by Gasteiger charge is 2.11. The van der Waals surface area contributed by atoms with Crippen molar-refractivity contribution in [3.05, 3.63) is 71.3 Å². The second kappa shape index (κ2) is 7.12. The SMILES string of the molecule is OC(CNCCc1cccc(F)c1)c1ccccc1F. The van der Waals surface area contributed by atoms with Crippen LogP contribution in [-0.4, -0.2) is 18.2 Å². The van der Waals surface area contributed by atoms with Crippen LogP contribution >= 0.6 is 0 Å². The molecule has 2 nitrogen and oxygen atoms in total. The number of aliphatic hydroxyl groups is 1. The molecular formula is C16H17F2NO. The Labute approximate surface area is 117 Å². The molecule has 0 saturated carbocycles. The summed E-state index contributed by atoms with van der Waals surface area (Å²) >= 11 is 0. The Hall–Kier alpha value is -1.78. The smallest absolute Gasteiger partial charge is 0.129 e. The van der Waals surface area contributed by atoms with Crippen LogP contribution in [0.5, 0.6) is 0 Å². The van der Waals surface area contributed by atoms with E-state index >= 15 is 0 Å². The van der Waals surface area contributed by atoms with Crippen LogP contribution < -0.4 is 5.32 Å². The van der Waals surface area contributed by atoms with Gasteiger partial charge in [-0.1, -0.05) is 30.3 Å². The van der Waals surface area contributed by atoms with Crippen molar-refractivity contribution in [2.75, 3.05) is 13.1 Å². The molecule has 2 aromatic carbocycles. The van der Waals surface area contributed by atoms with Crippen molar-refractivity contribution in [2.24, 2.45) is 0 Å². The average molecular weight is 277 g/mol. The molecule has 2 aromatic rings. The van der Waals surface area contributed by atoms with Gasteiger partial charge in [0, 0.05) is 12.1 Å². The standard InChI is InChI=1S/C16H17F2NO/c17-13-5-3-4-12(10-13)8-9-19-11-16(20)14-6-1-2-7-15(14)18/h1-7,10,16,19-20H,8-9,11H2. The minimum Gasteiger partial charge on any atom is -0.387 e. The zero-order valence-electron chi connectivity index (χ0n) is 11.0. The van der Waals surface area contributed by atoms with E-state index in [4.69, 9.17) is 0 Å². The van der Waals surface area contributed by atoms with Crippen LogP contribution in [0.15, 0.2) is 48.5 Å². The second-order valence-corrected chi connectivity index (χ2v) is 4.62. The zero-order chi connectivity index (χ0) is 14.4. The first-order valence-electron chi connectivity index (χ1n) is 6.54. The van der Waals surface area contributed by atoms with Crippen LogP contribution in [0.1, 0.15) is 17.2 Å². The van der Waals surface area contributed by atoms with Crippen molar-refractivity contribution in [3.8, 4) is 0 Å². The van der Waals surface area contributed by atoms with Gasteiger partial charge in [0.25, 0.3) is 0 Å². The number of hydrogen-bond acceptors (Lipinski definition) is 2. The van der Waals surface area contributed by atoms with Gasteiger partial charge in [-0.05, 0) is 36.7 Å². The summed E-state index contributed by atoms with van der Waals surface area (Å²) in [6.07, 6.45) is -0.231. The molecule has 106 valence electrons. The molecule has 0 spiro atoms. The minimum atomic E-state index is -0.885. The number of aliphatic hydroxyl groups excluding tert-OH is 1. The van der Waals surface area contributed by atoms with Gasteiger partial charge in [0.15, 0.2) is 0 Å². The van der Waals surface area contributed by atoms with Crippen molar-refractivity contribution in [1.29, 1.82) is 0 Å². The van der Waals surface area contributed by atoms with E-state index < -0.39 is 11.9 Å². The van der Waals surface area contributed by atoms with Crippen LogP contribution in [0.25, 0.3) is 0 Å². The van der Waals surface area contributed by atoms with E-state index in [-0.39, 0.29) is 17.9 Å². The largest absolute Gasteiger partial charge is 0.387 e. The first-order chi connectivity index (χ1) is 9.66. The fourth-order valence-corrected chi connectivity index (χ4v) is 2.02. The third-order valence-electron chi connectivity index (χ3n) is 3.08. The molecular weight excluding hydrogens is 260 g/mol. The Balaban J connectivity index is 1.77. The third kappa shape index (κ3) is 4.11. The van der Waals surface area contributed by atoms with Gasteiger partial charge in [-0.3, -0.25) is 0 Å². The van der Waals surface area contributed by atoms with Crippen LogP contribution in [0.4, 0.5) is 8.78 Å². The molecule has 20 heavy (non-hydrogen) atoms. The van der Waals surface area contributed by atoms with Crippen LogP contribution in [0, 0.1) is 11.6 Å². The van der Waals surface area contributed by atoms with Gasteiger partial charge in [0.2, 0.25) is 0 Å². The van der Waals surface area contributed by atoms with E-state index in [1.807, 2.05) is 6.07 Å². The first kappa shape index (κ1) is 14.6. The number of halogens is 2. The Morgan fingerprint density at radius 2 is 1.85 bits per heavy atom. The molecule has 2 N–H and O–H groups in total. The summed E-state index contributed by atoms with van der Waals surface area (Å²) in [4.78, 5) is 0. The van der Waals surface area contributed by atoms with E-state index in [2.05, 4.69) is 5.32 Å². The maximum Gasteiger partial charge on any atom is 0.129 e. The fraction of sp³-hybridized carbons (Fsp3) is 0.250. The topological polar surface area (TPSA) is 32.3 Å². The number of nitrogens with one attached hydrogen (secondary N) is 1. The summed E-state index contributed by atoms with van der Waals surface area (Å²) in [5, 5.41) is 12.9. The molecule has 4 heteroatoms. The zero-order valence-corrected chi connectivity index (χ0v) is 11.0. The third-order valence-corrected chi connectivity index (χ3v) is 3.08. The van der Waals surface area contributed by atoms with Crippen molar-refractivity contribution >= 4 is 0 Å². The first-order valence-corrected chi connectivity index (χ1v) is 6.54. The molecule has 0 aliphatic carbocycles. The lowest BCUT2D eigenvalue weighted by Crippen LogP contribution is -2.24. The summed E-state index contributed by atoms with van der Waals surface area (Å²) in [5.74, 6) is -0.666. The molecule has 0 aliphatic heterocycles. The maximum absolute atomic E-state index is 13.4. The molecule has 0 fully saturated rings. The molecule has 0 heterocycles. The Bertz CT molecular complexity index is 560. The predicted molar refractivity (Wildman–Crippen MR) is 74.3 cm³/mol. The van der Waals surface area contributed by atoms with Gasteiger partial charge < -0.3 is 10.4 Å². The van der Waals surface area contributed by atoms with Gasteiger partial charge in [0.1, 0.15) is 11.6 Å². The molecule has 0 radical (unpaired) electrons. The van der Waals surface area contributed by atoms with E-state index in [0.29, 0.717) is 13.0 Å². The van der Waals surface area contributed by atoms with E-state index in [1.165, 1.54) is 18.2 Å². The summed E-state index contributed by atoms with van der Waals surface area (Å²) in [6.45, 7) is 0.852. The molecule has 1 unspecified atom stereocenters. The van der Waals surface area contributed by atoms with Crippen LogP contribution in [-0.2, 0) is 6.42 Å². The second-order valence-electron chi connectivity index (χ2n) is 4.62. The number of benzene rings is 2. The van der Waals surface area contributed by atoms with E-state index in [9.17, 15) is 13.9 Å². The number of hydrogen-bond donors (Lipinski definition) is 2. The Morgan fingerprint density at radius 3 is 2.60 bits per heavy atom. The highest BCUT2D eigenvalue weighted by atomic mass is 19.1. The van der Waals surface area contributed by atoms with Crippen LogP contribution in [0.3, 0.4) is 0 Å². The monoisotopic (exact) mass is 277 g/mol. The normalized spacial score (nSPS) is 12.3. The van der Waals surface area contributed by atoms with Gasteiger partial charge in [0.05, 0.1) is 6.10 Å². The molecule has 0 aromatic heterocycles. The van der Waals surface area contributed by atoms with Crippen LogP contribution in [0.2, 0.25) is 0 Å². The summed E-state index contributed by atoms with van der Waals surface area (Å²) in [5.41, 5.74) is 1.17. The Kier molecular flexibility index (Phi) is 5.21. The van der Waals surface area contributed by atoms with Crippen molar-refractivity contribution < 1.29 is 13.9 Å².